The zero-order valence-corrected chi connectivity index (χ0v) is 10.2. The van der Waals surface area contributed by atoms with Crippen molar-refractivity contribution in [2.45, 2.75) is 6.61 Å². The van der Waals surface area contributed by atoms with Crippen molar-refractivity contribution in [3.63, 3.8) is 0 Å². The Balaban J connectivity index is 1.77. The van der Waals surface area contributed by atoms with Gasteiger partial charge in [-0.05, 0) is 11.6 Å². The van der Waals surface area contributed by atoms with Crippen molar-refractivity contribution < 1.29 is 9.53 Å². The minimum Gasteiger partial charge on any atom is -0.456 e. The van der Waals surface area contributed by atoms with Crippen LogP contribution in [-0.4, -0.2) is 16.2 Å². The summed E-state index contributed by atoms with van der Waals surface area (Å²) in [4.78, 5) is 12.0. The molecule has 0 saturated carbocycles. The third kappa shape index (κ3) is 2.33. The minimum absolute atomic E-state index is 0.251. The Bertz CT molecular complexity index is 704. The predicted octanol–water partition coefficient (Wildman–Crippen LogP) is 2.92. The van der Waals surface area contributed by atoms with Crippen molar-refractivity contribution in [1.29, 1.82) is 0 Å². The third-order valence-corrected chi connectivity index (χ3v) is 2.88. The Hall–Kier alpha value is -2.62. The quantitative estimate of drug-likeness (QED) is 0.729. The molecule has 0 fully saturated rings. The van der Waals surface area contributed by atoms with Crippen molar-refractivity contribution >= 4 is 16.9 Å². The summed E-state index contributed by atoms with van der Waals surface area (Å²) in [7, 11) is 0. The molecule has 4 heteroatoms. The Morgan fingerprint density at radius 3 is 2.63 bits per heavy atom. The van der Waals surface area contributed by atoms with E-state index >= 15 is 0 Å². The highest BCUT2D eigenvalue weighted by Crippen LogP contribution is 2.16. The van der Waals surface area contributed by atoms with Crippen LogP contribution in [-0.2, 0) is 11.3 Å². The van der Waals surface area contributed by atoms with E-state index in [9.17, 15) is 4.79 Å². The van der Waals surface area contributed by atoms with Crippen LogP contribution in [0.2, 0.25) is 0 Å². The van der Waals surface area contributed by atoms with Crippen LogP contribution in [0.1, 0.15) is 16.1 Å². The molecule has 3 aromatic rings. The molecule has 19 heavy (non-hydrogen) atoms. The van der Waals surface area contributed by atoms with Crippen molar-refractivity contribution in [2.75, 3.05) is 0 Å². The van der Waals surface area contributed by atoms with Gasteiger partial charge in [-0.2, -0.15) is 5.10 Å². The van der Waals surface area contributed by atoms with E-state index in [1.54, 1.807) is 0 Å². The van der Waals surface area contributed by atoms with E-state index in [0.717, 1.165) is 16.5 Å². The second-order valence-electron chi connectivity index (χ2n) is 4.18. The van der Waals surface area contributed by atoms with Gasteiger partial charge in [-0.15, -0.1) is 0 Å². The highest BCUT2D eigenvalue weighted by atomic mass is 16.5. The standard InChI is InChI=1S/C15H12N2O2/c18-15(19-10-11-6-2-1-3-7-11)14-12-8-4-5-9-13(12)16-17-14/h1-9H,10H2,(H,16,17). The SMILES string of the molecule is O=C(OCc1ccccc1)c1n[nH]c2ccccc12. The largest absolute Gasteiger partial charge is 0.456 e. The number of fused-ring (bicyclic) bond motifs is 1. The average molecular weight is 252 g/mol. The fraction of sp³-hybridized carbons (Fsp3) is 0.0667. The van der Waals surface area contributed by atoms with Gasteiger partial charge in [-0.25, -0.2) is 4.79 Å². The first-order valence-electron chi connectivity index (χ1n) is 5.99. The van der Waals surface area contributed by atoms with Crippen LogP contribution in [0, 0.1) is 0 Å². The van der Waals surface area contributed by atoms with Gasteiger partial charge < -0.3 is 4.74 Å². The highest BCUT2D eigenvalue weighted by molar-refractivity contribution is 6.01. The van der Waals surface area contributed by atoms with Crippen molar-refractivity contribution in [3.05, 3.63) is 65.9 Å². The summed E-state index contributed by atoms with van der Waals surface area (Å²) < 4.78 is 5.26. The van der Waals surface area contributed by atoms with Gasteiger partial charge in [0.15, 0.2) is 5.69 Å². The molecule has 1 heterocycles. The van der Waals surface area contributed by atoms with Crippen LogP contribution in [0.15, 0.2) is 54.6 Å². The first-order valence-corrected chi connectivity index (χ1v) is 5.99. The third-order valence-electron chi connectivity index (χ3n) is 2.88. The van der Waals surface area contributed by atoms with Crippen LogP contribution in [0.4, 0.5) is 0 Å². The first-order chi connectivity index (χ1) is 9.34. The van der Waals surface area contributed by atoms with E-state index < -0.39 is 5.97 Å². The van der Waals surface area contributed by atoms with E-state index in [0.29, 0.717) is 5.69 Å². The molecule has 0 radical (unpaired) electrons. The molecule has 1 N–H and O–H groups in total. The van der Waals surface area contributed by atoms with Gasteiger partial charge >= 0.3 is 5.97 Å². The number of hydrogen-bond donors (Lipinski definition) is 1. The number of ether oxygens (including phenoxy) is 1. The Morgan fingerprint density at radius 1 is 1.05 bits per heavy atom. The van der Waals surface area contributed by atoms with Crippen molar-refractivity contribution in [2.24, 2.45) is 0 Å². The fourth-order valence-corrected chi connectivity index (χ4v) is 1.91. The number of carbonyl (C=O) groups is 1. The van der Waals surface area contributed by atoms with E-state index in [1.807, 2.05) is 54.6 Å². The smallest absolute Gasteiger partial charge is 0.359 e. The number of rotatable bonds is 3. The average Bonchev–Trinajstić information content (AvgIpc) is 2.90. The van der Waals surface area contributed by atoms with Gasteiger partial charge in [0, 0.05) is 5.39 Å². The molecular formula is C15H12N2O2. The number of esters is 1. The van der Waals surface area contributed by atoms with E-state index in [1.165, 1.54) is 0 Å². The maximum absolute atomic E-state index is 12.0. The number of nitrogens with one attached hydrogen (secondary N) is 1. The molecule has 94 valence electrons. The van der Waals surface area contributed by atoms with Crippen LogP contribution in [0.25, 0.3) is 10.9 Å². The molecule has 0 bridgehead atoms. The number of para-hydroxylation sites is 1. The second kappa shape index (κ2) is 4.94. The zero-order chi connectivity index (χ0) is 13.1. The van der Waals surface area contributed by atoms with Gasteiger partial charge in [-0.1, -0.05) is 48.5 Å². The van der Waals surface area contributed by atoms with Crippen molar-refractivity contribution in [1.82, 2.24) is 10.2 Å². The summed E-state index contributed by atoms with van der Waals surface area (Å²) in [6.45, 7) is 0.251. The molecule has 0 saturated heterocycles. The number of carbonyl (C=O) groups excluding carboxylic acids is 1. The fourth-order valence-electron chi connectivity index (χ4n) is 1.91. The molecule has 0 aliphatic rings. The number of aromatic amines is 1. The predicted molar refractivity (Wildman–Crippen MR) is 71.7 cm³/mol. The lowest BCUT2D eigenvalue weighted by atomic mass is 10.2. The summed E-state index contributed by atoms with van der Waals surface area (Å²) >= 11 is 0. The van der Waals surface area contributed by atoms with Crippen molar-refractivity contribution in [3.8, 4) is 0 Å². The molecule has 0 spiro atoms. The molecule has 3 rings (SSSR count). The lowest BCUT2D eigenvalue weighted by Crippen LogP contribution is -2.06. The van der Waals surface area contributed by atoms with Gasteiger partial charge in [0.25, 0.3) is 0 Å². The summed E-state index contributed by atoms with van der Waals surface area (Å²) in [5.74, 6) is -0.415. The summed E-state index contributed by atoms with van der Waals surface area (Å²) in [5, 5.41) is 7.60. The molecule has 0 aliphatic heterocycles. The number of nitrogens with zero attached hydrogens (tertiary/aromatic N) is 1. The van der Waals surface area contributed by atoms with Gasteiger partial charge in [-0.3, -0.25) is 5.10 Å². The Labute approximate surface area is 110 Å². The monoisotopic (exact) mass is 252 g/mol. The summed E-state index contributed by atoms with van der Waals surface area (Å²) in [5.41, 5.74) is 2.11. The van der Waals surface area contributed by atoms with Gasteiger partial charge in [0.2, 0.25) is 0 Å². The molecule has 4 nitrogen and oxygen atoms in total. The number of aromatic nitrogens is 2. The zero-order valence-electron chi connectivity index (χ0n) is 10.2. The molecule has 0 amide bonds. The van der Waals surface area contributed by atoms with E-state index in [4.69, 9.17) is 4.74 Å². The lowest BCUT2D eigenvalue weighted by Gasteiger charge is -2.02. The van der Waals surface area contributed by atoms with Crippen LogP contribution in [0.3, 0.4) is 0 Å². The summed E-state index contributed by atoms with van der Waals surface area (Å²) in [6.07, 6.45) is 0. The molecule has 0 unspecified atom stereocenters. The number of H-pyrrole nitrogens is 1. The first kappa shape index (κ1) is 11.5. The van der Waals surface area contributed by atoms with Gasteiger partial charge in [0.1, 0.15) is 6.61 Å². The normalized spacial score (nSPS) is 10.5. The van der Waals surface area contributed by atoms with Crippen LogP contribution >= 0.6 is 0 Å². The second-order valence-corrected chi connectivity index (χ2v) is 4.18. The minimum atomic E-state index is -0.415. The van der Waals surface area contributed by atoms with Crippen LogP contribution < -0.4 is 0 Å². The molecule has 0 atom stereocenters. The topological polar surface area (TPSA) is 55.0 Å². The molecular weight excluding hydrogens is 240 g/mol. The lowest BCUT2D eigenvalue weighted by molar-refractivity contribution is 0.0468. The number of hydrogen-bond acceptors (Lipinski definition) is 3. The van der Waals surface area contributed by atoms with Crippen LogP contribution in [0.5, 0.6) is 0 Å². The Morgan fingerprint density at radius 2 is 1.79 bits per heavy atom. The van der Waals surface area contributed by atoms with E-state index in [-0.39, 0.29) is 6.61 Å². The molecule has 0 aliphatic carbocycles. The summed E-state index contributed by atoms with van der Waals surface area (Å²) in [6, 6.07) is 17.0. The van der Waals surface area contributed by atoms with E-state index in [2.05, 4.69) is 10.2 Å². The molecule has 2 aromatic carbocycles. The maximum Gasteiger partial charge on any atom is 0.359 e. The molecule has 1 aromatic heterocycles. The number of benzene rings is 2. The van der Waals surface area contributed by atoms with Gasteiger partial charge in [0.05, 0.1) is 5.52 Å². The highest BCUT2D eigenvalue weighted by Gasteiger charge is 2.14. The Kier molecular flexibility index (Phi) is 2.98. The maximum atomic E-state index is 12.0.